The van der Waals surface area contributed by atoms with Gasteiger partial charge < -0.3 is 9.47 Å². The van der Waals surface area contributed by atoms with Crippen molar-refractivity contribution in [1.29, 1.82) is 5.26 Å². The smallest absolute Gasteiger partial charge is 0.349 e. The number of hydrogen-bond donors (Lipinski definition) is 0. The van der Waals surface area contributed by atoms with Crippen molar-refractivity contribution in [3.63, 3.8) is 0 Å². The third kappa shape index (κ3) is 3.99. The highest BCUT2D eigenvalue weighted by Gasteiger charge is 2.14. The standard InChI is InChI=1S/C17H15ClN2O3/c1-10(2)23-17(21)13(9-19)7-12-6-11-8-14(22-3)4-5-15(11)20-16(12)18/h4-8,10H,1-3H3/b13-7+. The minimum atomic E-state index is -0.690. The highest BCUT2D eigenvalue weighted by Crippen LogP contribution is 2.26. The molecule has 2 aromatic rings. The van der Waals surface area contributed by atoms with E-state index in [1.165, 1.54) is 6.08 Å². The van der Waals surface area contributed by atoms with E-state index >= 15 is 0 Å². The maximum Gasteiger partial charge on any atom is 0.349 e. The Bertz CT molecular complexity index is 822. The van der Waals surface area contributed by atoms with E-state index in [0.717, 1.165) is 5.39 Å². The number of carbonyl (C=O) groups is 1. The average Bonchev–Trinajstić information content (AvgIpc) is 2.51. The number of benzene rings is 1. The number of nitrogens with zero attached hydrogens (tertiary/aromatic N) is 2. The topological polar surface area (TPSA) is 72.2 Å². The summed E-state index contributed by atoms with van der Waals surface area (Å²) in [7, 11) is 1.57. The number of halogens is 1. The van der Waals surface area contributed by atoms with E-state index in [4.69, 9.17) is 26.3 Å². The zero-order valence-electron chi connectivity index (χ0n) is 13.0. The molecule has 0 saturated carbocycles. The number of methoxy groups -OCH3 is 1. The molecule has 0 aliphatic carbocycles. The highest BCUT2D eigenvalue weighted by molar-refractivity contribution is 6.31. The van der Waals surface area contributed by atoms with E-state index in [2.05, 4.69) is 4.98 Å². The molecule has 6 heteroatoms. The van der Waals surface area contributed by atoms with Gasteiger partial charge in [-0.15, -0.1) is 0 Å². The minimum Gasteiger partial charge on any atom is -0.497 e. The minimum absolute atomic E-state index is 0.135. The molecule has 0 bridgehead atoms. The molecule has 0 spiro atoms. The number of nitriles is 1. The first kappa shape index (κ1) is 16.8. The molecule has 0 atom stereocenters. The lowest BCUT2D eigenvalue weighted by Crippen LogP contribution is -2.12. The maximum absolute atomic E-state index is 11.9. The fourth-order valence-corrected chi connectivity index (χ4v) is 2.15. The van der Waals surface area contributed by atoms with Crippen molar-refractivity contribution in [1.82, 2.24) is 4.98 Å². The molecule has 0 saturated heterocycles. The zero-order chi connectivity index (χ0) is 17.0. The predicted molar refractivity (Wildman–Crippen MR) is 88.1 cm³/mol. The first-order valence-electron chi connectivity index (χ1n) is 6.91. The van der Waals surface area contributed by atoms with Gasteiger partial charge in [0, 0.05) is 10.9 Å². The number of ether oxygens (including phenoxy) is 2. The van der Waals surface area contributed by atoms with Gasteiger partial charge in [-0.05, 0) is 44.2 Å². The van der Waals surface area contributed by atoms with Gasteiger partial charge in [0.25, 0.3) is 0 Å². The third-order valence-electron chi connectivity index (χ3n) is 2.99. The van der Waals surface area contributed by atoms with Gasteiger partial charge in [-0.1, -0.05) is 11.6 Å². The van der Waals surface area contributed by atoms with Crippen molar-refractivity contribution < 1.29 is 14.3 Å². The third-order valence-corrected chi connectivity index (χ3v) is 3.29. The Morgan fingerprint density at radius 2 is 2.13 bits per heavy atom. The number of fused-ring (bicyclic) bond motifs is 1. The maximum atomic E-state index is 11.9. The summed E-state index contributed by atoms with van der Waals surface area (Å²) in [6, 6.07) is 8.94. The van der Waals surface area contributed by atoms with E-state index < -0.39 is 5.97 Å². The van der Waals surface area contributed by atoms with Crippen LogP contribution in [0.15, 0.2) is 29.8 Å². The molecular formula is C17H15ClN2O3. The summed E-state index contributed by atoms with van der Waals surface area (Å²) in [6.45, 7) is 3.42. The summed E-state index contributed by atoms with van der Waals surface area (Å²) in [5.74, 6) is -0.0133. The molecule has 2 rings (SSSR count). The first-order valence-corrected chi connectivity index (χ1v) is 7.29. The Morgan fingerprint density at radius 3 is 2.74 bits per heavy atom. The van der Waals surface area contributed by atoms with Crippen molar-refractivity contribution in [2.24, 2.45) is 0 Å². The van der Waals surface area contributed by atoms with E-state index in [1.54, 1.807) is 45.2 Å². The summed E-state index contributed by atoms with van der Waals surface area (Å²) in [5, 5.41) is 10.1. The molecule has 0 aliphatic rings. The van der Waals surface area contributed by atoms with Gasteiger partial charge in [0.1, 0.15) is 22.5 Å². The number of rotatable bonds is 4. The van der Waals surface area contributed by atoms with Crippen LogP contribution in [-0.4, -0.2) is 24.2 Å². The molecule has 0 radical (unpaired) electrons. The monoisotopic (exact) mass is 330 g/mol. The van der Waals surface area contributed by atoms with Gasteiger partial charge in [0.2, 0.25) is 0 Å². The van der Waals surface area contributed by atoms with Crippen LogP contribution in [0.3, 0.4) is 0 Å². The van der Waals surface area contributed by atoms with Gasteiger partial charge in [0.15, 0.2) is 0 Å². The normalized spacial score (nSPS) is 11.4. The Labute approximate surface area is 139 Å². The molecule has 0 N–H and O–H groups in total. The molecule has 0 aliphatic heterocycles. The lowest BCUT2D eigenvalue weighted by atomic mass is 10.1. The molecule has 0 amide bonds. The van der Waals surface area contributed by atoms with Crippen molar-refractivity contribution in [2.75, 3.05) is 7.11 Å². The predicted octanol–water partition coefficient (Wildman–Crippen LogP) is 3.76. The lowest BCUT2D eigenvalue weighted by molar-refractivity contribution is -0.142. The van der Waals surface area contributed by atoms with E-state index in [-0.39, 0.29) is 16.8 Å². The molecular weight excluding hydrogens is 316 g/mol. The molecule has 1 aromatic heterocycles. The van der Waals surface area contributed by atoms with E-state index in [0.29, 0.717) is 16.8 Å². The number of aromatic nitrogens is 1. The Kier molecular flexibility index (Phi) is 5.20. The highest BCUT2D eigenvalue weighted by atomic mass is 35.5. The second-order valence-electron chi connectivity index (χ2n) is 5.05. The SMILES string of the molecule is COc1ccc2nc(Cl)c(/C=C(\C#N)C(=O)OC(C)C)cc2c1. The number of hydrogen-bond acceptors (Lipinski definition) is 5. The zero-order valence-corrected chi connectivity index (χ0v) is 13.7. The van der Waals surface area contributed by atoms with Gasteiger partial charge in [-0.3, -0.25) is 0 Å². The van der Waals surface area contributed by atoms with E-state index in [1.807, 2.05) is 6.07 Å². The van der Waals surface area contributed by atoms with Gasteiger partial charge >= 0.3 is 5.97 Å². The molecule has 118 valence electrons. The summed E-state index contributed by atoms with van der Waals surface area (Å²) < 4.78 is 10.2. The number of carbonyl (C=O) groups excluding carboxylic acids is 1. The van der Waals surface area contributed by atoms with Crippen molar-refractivity contribution in [2.45, 2.75) is 20.0 Å². The molecule has 1 aromatic carbocycles. The summed E-state index contributed by atoms with van der Waals surface area (Å²) in [4.78, 5) is 16.1. The average molecular weight is 331 g/mol. The quantitative estimate of drug-likeness (QED) is 0.369. The van der Waals surface area contributed by atoms with Crippen molar-refractivity contribution >= 4 is 34.5 Å². The van der Waals surface area contributed by atoms with Gasteiger partial charge in [-0.2, -0.15) is 5.26 Å². The summed E-state index contributed by atoms with van der Waals surface area (Å²) in [6.07, 6.45) is 1.06. The van der Waals surface area contributed by atoms with Crippen molar-refractivity contribution in [3.05, 3.63) is 40.6 Å². The van der Waals surface area contributed by atoms with Gasteiger partial charge in [0.05, 0.1) is 18.7 Å². The molecule has 0 unspecified atom stereocenters. The van der Waals surface area contributed by atoms with Crippen LogP contribution >= 0.6 is 11.6 Å². The summed E-state index contributed by atoms with van der Waals surface area (Å²) >= 11 is 6.14. The van der Waals surface area contributed by atoms with Crippen LogP contribution in [0.25, 0.3) is 17.0 Å². The second kappa shape index (κ2) is 7.12. The van der Waals surface area contributed by atoms with Crippen molar-refractivity contribution in [3.8, 4) is 11.8 Å². The Hall–Kier alpha value is -2.58. The van der Waals surface area contributed by atoms with E-state index in [9.17, 15) is 4.79 Å². The molecule has 23 heavy (non-hydrogen) atoms. The van der Waals surface area contributed by atoms with Crippen LogP contribution in [0, 0.1) is 11.3 Å². The fourth-order valence-electron chi connectivity index (χ4n) is 1.95. The number of pyridine rings is 1. The molecule has 0 fully saturated rings. The Morgan fingerprint density at radius 1 is 1.39 bits per heavy atom. The number of esters is 1. The lowest BCUT2D eigenvalue weighted by Gasteiger charge is -2.08. The first-order chi connectivity index (χ1) is 10.9. The van der Waals surface area contributed by atoms with Crippen LogP contribution in [0.2, 0.25) is 5.15 Å². The van der Waals surface area contributed by atoms with Crippen LogP contribution in [-0.2, 0) is 9.53 Å². The molecule has 5 nitrogen and oxygen atoms in total. The Balaban J connectivity index is 2.49. The van der Waals surface area contributed by atoms with Crippen LogP contribution in [0.4, 0.5) is 0 Å². The fraction of sp³-hybridized carbons (Fsp3) is 0.235. The van der Waals surface area contributed by atoms with Gasteiger partial charge in [-0.25, -0.2) is 9.78 Å². The second-order valence-corrected chi connectivity index (χ2v) is 5.41. The van der Waals surface area contributed by atoms with Crippen LogP contribution in [0.1, 0.15) is 19.4 Å². The molecule has 1 heterocycles. The van der Waals surface area contributed by atoms with Crippen LogP contribution < -0.4 is 4.74 Å². The van der Waals surface area contributed by atoms with Crippen LogP contribution in [0.5, 0.6) is 5.75 Å². The largest absolute Gasteiger partial charge is 0.497 e. The summed E-state index contributed by atoms with van der Waals surface area (Å²) in [5.41, 5.74) is 1.02.